The molecular weight excluding hydrogens is 260 g/mol. The third-order valence-electron chi connectivity index (χ3n) is 2.68. The first kappa shape index (κ1) is 14.2. The van der Waals surface area contributed by atoms with Crippen LogP contribution in [0.3, 0.4) is 0 Å². The van der Waals surface area contributed by atoms with E-state index in [4.69, 9.17) is 14.9 Å². The lowest BCUT2D eigenvalue weighted by molar-refractivity contribution is 0.0916. The summed E-state index contributed by atoms with van der Waals surface area (Å²) >= 11 is 0. The quantitative estimate of drug-likeness (QED) is 0.591. The van der Waals surface area contributed by atoms with Crippen LogP contribution in [-0.2, 0) is 4.74 Å². The van der Waals surface area contributed by atoms with Gasteiger partial charge in [0.2, 0.25) is 0 Å². The molecule has 0 bridgehead atoms. The number of nitrogens with two attached hydrogens (primary N) is 1. The maximum Gasteiger partial charge on any atom is 0.349 e. The Bertz CT molecular complexity index is 651. The van der Waals surface area contributed by atoms with Crippen molar-refractivity contribution in [2.24, 2.45) is 5.73 Å². The van der Waals surface area contributed by atoms with Crippen molar-refractivity contribution in [2.75, 3.05) is 26.3 Å². The molecule has 1 amide bonds. The van der Waals surface area contributed by atoms with Gasteiger partial charge in [-0.25, -0.2) is 4.79 Å². The van der Waals surface area contributed by atoms with E-state index in [0.29, 0.717) is 37.3 Å². The fourth-order valence-electron chi connectivity index (χ4n) is 1.74. The minimum absolute atomic E-state index is 0.0116. The zero-order chi connectivity index (χ0) is 14.4. The van der Waals surface area contributed by atoms with E-state index in [0.717, 1.165) is 0 Å². The minimum Gasteiger partial charge on any atom is -0.422 e. The zero-order valence-corrected chi connectivity index (χ0v) is 10.9. The highest BCUT2D eigenvalue weighted by Crippen LogP contribution is 2.12. The normalized spacial score (nSPS) is 10.7. The summed E-state index contributed by atoms with van der Waals surface area (Å²) in [6.07, 6.45) is 0. The number of rotatable bonds is 6. The van der Waals surface area contributed by atoms with Crippen LogP contribution in [0, 0.1) is 0 Å². The molecule has 1 heterocycles. The van der Waals surface area contributed by atoms with E-state index >= 15 is 0 Å². The van der Waals surface area contributed by atoms with Crippen molar-refractivity contribution in [1.82, 2.24) is 5.32 Å². The standard InChI is InChI=1S/C14H16N2O4/c15-5-7-19-8-6-16-13(17)11-9-10-3-1-2-4-12(10)20-14(11)18/h1-4,9H,5-8,15H2,(H,16,17). The van der Waals surface area contributed by atoms with Gasteiger partial charge in [0.1, 0.15) is 11.1 Å². The van der Waals surface area contributed by atoms with Crippen molar-refractivity contribution in [2.45, 2.75) is 0 Å². The van der Waals surface area contributed by atoms with Crippen LogP contribution in [0.25, 0.3) is 11.0 Å². The Morgan fingerprint density at radius 1 is 1.30 bits per heavy atom. The molecule has 20 heavy (non-hydrogen) atoms. The molecule has 106 valence electrons. The van der Waals surface area contributed by atoms with Gasteiger partial charge in [-0.3, -0.25) is 4.79 Å². The van der Waals surface area contributed by atoms with Crippen molar-refractivity contribution >= 4 is 16.9 Å². The number of hydrogen-bond donors (Lipinski definition) is 2. The van der Waals surface area contributed by atoms with Gasteiger partial charge in [0.05, 0.1) is 13.2 Å². The topological polar surface area (TPSA) is 94.6 Å². The van der Waals surface area contributed by atoms with Gasteiger partial charge < -0.3 is 20.2 Å². The molecule has 1 aromatic carbocycles. The molecule has 0 saturated heterocycles. The molecular formula is C14H16N2O4. The first-order valence-electron chi connectivity index (χ1n) is 6.31. The van der Waals surface area contributed by atoms with Crippen LogP contribution in [0.2, 0.25) is 0 Å². The lowest BCUT2D eigenvalue weighted by atomic mass is 10.2. The second kappa shape index (κ2) is 6.83. The van der Waals surface area contributed by atoms with E-state index < -0.39 is 11.5 Å². The third-order valence-corrected chi connectivity index (χ3v) is 2.68. The van der Waals surface area contributed by atoms with E-state index in [2.05, 4.69) is 5.32 Å². The summed E-state index contributed by atoms with van der Waals surface area (Å²) in [6, 6.07) is 8.56. The maximum atomic E-state index is 11.9. The highest BCUT2D eigenvalue weighted by Gasteiger charge is 2.12. The molecule has 1 aromatic heterocycles. The Balaban J connectivity index is 2.06. The Kier molecular flexibility index (Phi) is 4.86. The lowest BCUT2D eigenvalue weighted by Crippen LogP contribution is -2.31. The molecule has 0 aliphatic rings. The molecule has 0 radical (unpaired) electrons. The first-order chi connectivity index (χ1) is 9.72. The van der Waals surface area contributed by atoms with Gasteiger partial charge in [0.25, 0.3) is 5.91 Å². The molecule has 0 spiro atoms. The number of hydrogen-bond acceptors (Lipinski definition) is 5. The van der Waals surface area contributed by atoms with Crippen molar-refractivity contribution in [1.29, 1.82) is 0 Å². The Morgan fingerprint density at radius 2 is 2.10 bits per heavy atom. The number of carbonyl (C=O) groups excluding carboxylic acids is 1. The molecule has 0 aliphatic carbocycles. The number of fused-ring (bicyclic) bond motifs is 1. The van der Waals surface area contributed by atoms with E-state index in [-0.39, 0.29) is 5.56 Å². The van der Waals surface area contributed by atoms with Crippen molar-refractivity contribution in [3.63, 3.8) is 0 Å². The predicted octanol–water partition coefficient (Wildman–Crippen LogP) is 0.498. The van der Waals surface area contributed by atoms with Gasteiger partial charge in [-0.15, -0.1) is 0 Å². The minimum atomic E-state index is -0.649. The molecule has 3 N–H and O–H groups in total. The van der Waals surface area contributed by atoms with Crippen LogP contribution in [0.1, 0.15) is 10.4 Å². The molecule has 0 fully saturated rings. The second-order valence-corrected chi connectivity index (χ2v) is 4.14. The van der Waals surface area contributed by atoms with Crippen LogP contribution in [0.15, 0.2) is 39.5 Å². The van der Waals surface area contributed by atoms with Gasteiger partial charge in [0, 0.05) is 18.5 Å². The van der Waals surface area contributed by atoms with Gasteiger partial charge in [-0.2, -0.15) is 0 Å². The number of para-hydroxylation sites is 1. The van der Waals surface area contributed by atoms with E-state index in [1.807, 2.05) is 6.07 Å². The highest BCUT2D eigenvalue weighted by molar-refractivity contribution is 5.96. The van der Waals surface area contributed by atoms with Gasteiger partial charge >= 0.3 is 5.63 Å². The largest absolute Gasteiger partial charge is 0.422 e. The zero-order valence-electron chi connectivity index (χ0n) is 10.9. The molecule has 0 saturated carbocycles. The van der Waals surface area contributed by atoms with Gasteiger partial charge in [-0.05, 0) is 12.1 Å². The second-order valence-electron chi connectivity index (χ2n) is 4.14. The number of ether oxygens (including phenoxy) is 1. The van der Waals surface area contributed by atoms with Gasteiger partial charge in [-0.1, -0.05) is 18.2 Å². The summed E-state index contributed by atoms with van der Waals surface area (Å²) in [7, 11) is 0. The third kappa shape index (κ3) is 3.43. The number of carbonyl (C=O) groups is 1. The van der Waals surface area contributed by atoms with E-state index in [1.54, 1.807) is 18.2 Å². The summed E-state index contributed by atoms with van der Waals surface area (Å²) in [5.74, 6) is -0.471. The summed E-state index contributed by atoms with van der Waals surface area (Å²) < 4.78 is 10.2. The lowest BCUT2D eigenvalue weighted by Gasteiger charge is -2.05. The highest BCUT2D eigenvalue weighted by atomic mass is 16.5. The Hall–Kier alpha value is -2.18. The molecule has 0 aliphatic heterocycles. The van der Waals surface area contributed by atoms with Crippen molar-refractivity contribution in [3.8, 4) is 0 Å². The molecule has 6 nitrogen and oxygen atoms in total. The van der Waals surface area contributed by atoms with Crippen molar-refractivity contribution < 1.29 is 13.9 Å². The van der Waals surface area contributed by atoms with E-state index in [1.165, 1.54) is 6.07 Å². The van der Waals surface area contributed by atoms with Crippen LogP contribution >= 0.6 is 0 Å². The summed E-state index contributed by atoms with van der Waals surface area (Å²) in [6.45, 7) is 1.53. The average Bonchev–Trinajstić information content (AvgIpc) is 2.46. The number of amides is 1. The first-order valence-corrected chi connectivity index (χ1v) is 6.31. The van der Waals surface area contributed by atoms with Crippen LogP contribution < -0.4 is 16.7 Å². The van der Waals surface area contributed by atoms with Crippen LogP contribution in [0.4, 0.5) is 0 Å². The summed E-state index contributed by atoms with van der Waals surface area (Å²) in [4.78, 5) is 23.6. The SMILES string of the molecule is NCCOCCNC(=O)c1cc2ccccc2oc1=O. The summed E-state index contributed by atoms with van der Waals surface area (Å²) in [5.41, 5.74) is 5.07. The fraction of sp³-hybridized carbons (Fsp3) is 0.286. The molecule has 0 atom stereocenters. The Labute approximate surface area is 115 Å². The maximum absolute atomic E-state index is 11.9. The van der Waals surface area contributed by atoms with Crippen LogP contribution in [0.5, 0.6) is 0 Å². The molecule has 0 unspecified atom stereocenters. The van der Waals surface area contributed by atoms with Gasteiger partial charge in [0.15, 0.2) is 0 Å². The average molecular weight is 276 g/mol. The van der Waals surface area contributed by atoms with Crippen LogP contribution in [-0.4, -0.2) is 32.2 Å². The molecule has 2 aromatic rings. The monoisotopic (exact) mass is 276 g/mol. The molecule has 6 heteroatoms. The summed E-state index contributed by atoms with van der Waals surface area (Å²) in [5, 5.41) is 3.30. The predicted molar refractivity (Wildman–Crippen MR) is 74.7 cm³/mol. The van der Waals surface area contributed by atoms with Crippen molar-refractivity contribution in [3.05, 3.63) is 46.3 Å². The Morgan fingerprint density at radius 3 is 2.90 bits per heavy atom. The molecule has 2 rings (SSSR count). The number of benzene rings is 1. The van der Waals surface area contributed by atoms with E-state index in [9.17, 15) is 9.59 Å². The number of nitrogens with one attached hydrogen (secondary N) is 1. The smallest absolute Gasteiger partial charge is 0.349 e. The fourth-order valence-corrected chi connectivity index (χ4v) is 1.74.